The van der Waals surface area contributed by atoms with Crippen molar-refractivity contribution in [3.8, 4) is 50.6 Å². The maximum Gasteiger partial charge on any atom is 1.00 e. The topological polar surface area (TPSA) is 287 Å². The average molecular weight is 1690 g/mol. The summed E-state index contributed by atoms with van der Waals surface area (Å²) in [4.78, 5) is 87.0. The zero-order chi connectivity index (χ0) is 86.8. The molecule has 3 aromatic heterocycles. The van der Waals surface area contributed by atoms with Crippen LogP contribution < -0.4 is 61.5 Å². The van der Waals surface area contributed by atoms with E-state index in [1.807, 2.05) is 191 Å². The van der Waals surface area contributed by atoms with Crippen LogP contribution in [-0.2, 0) is 9.47 Å². The summed E-state index contributed by atoms with van der Waals surface area (Å²) >= 11 is 3.52. The number of aryl methyl sites for hydroxylation is 4. The Labute approximate surface area is 730 Å². The van der Waals surface area contributed by atoms with E-state index in [2.05, 4.69) is 126 Å². The summed E-state index contributed by atoms with van der Waals surface area (Å²) in [5.41, 5.74) is 31.7. The molecule has 9 aromatic rings. The number of pyridine rings is 3. The average Bonchev–Trinajstić information content (AvgIpc) is 0.799. The Bertz CT molecular complexity index is 4890. The standard InChI is InChI=1S/C33H42N4O4.C27H32N4O2.C23H30N4O4.C9H11Br.CH3F.Na.H/c1-20-10-9-11-25(14-20)24(5)40-29-16-27(17-35-30(29)34)26-12-13-28(21(2)15-26)31(38)36-18-22(3)37(23(4)19-36)32(39)41-33(6,7)8;1-17-6-5-7-23(12-17)20(4)33-25-13-24(14-29-26(25)28)21-8-10-22(11-9-21)27(32)31-15-18(2)30-19(3)16-31;1-14-12-26(13-15(2)27(14)22(30)31-23(3,4)5)21(29)17-8-6-16(7-9-17)18-10-19(28)20(24)25-11-18;1-7-4-3-5-9(6-7)8(2)10;1-2;;/h9-17,22-24H,18-19H2,1-8H3,(H2,34,35);5-14,18-20,30H,15-16H2,1-4H3,(H2,28,29);6-11,14-15,28H,12-13H2,1-5H3,(H2,24,25);3-6,8H,1-2H3;1H3;;/q;;;;;+1;-1/t22-,23+,24?;18-,19+,20?;14-,15+;;;;/i;;;;1D;;. The minimum atomic E-state index is -1.00. The fourth-order valence-corrected chi connectivity index (χ4v) is 14.6. The summed E-state index contributed by atoms with van der Waals surface area (Å²) in [6.07, 6.45) is 3.96. The first-order valence-corrected chi connectivity index (χ1v) is 40.5. The van der Waals surface area contributed by atoms with Gasteiger partial charge in [0.15, 0.2) is 34.7 Å². The van der Waals surface area contributed by atoms with E-state index >= 15 is 0 Å². The normalized spacial score (nSPS) is 18.0. The van der Waals surface area contributed by atoms with Crippen molar-refractivity contribution < 1.29 is 84.8 Å². The van der Waals surface area contributed by atoms with Gasteiger partial charge in [0.1, 0.15) is 23.4 Å². The molecular formula is C93H119BrFN12NaO10. The first kappa shape index (κ1) is 93.4. The van der Waals surface area contributed by atoms with Crippen LogP contribution >= 0.6 is 15.9 Å². The molecule has 6 heterocycles. The number of nitrogens with one attached hydrogen (secondary N) is 1. The third-order valence-electron chi connectivity index (χ3n) is 20.0. The third-order valence-corrected chi connectivity index (χ3v) is 20.5. The van der Waals surface area contributed by atoms with Crippen molar-refractivity contribution in [1.29, 1.82) is 0 Å². The number of nitrogen functional groups attached to an aromatic ring is 3. The molecule has 8 N–H and O–H groups in total. The molecule has 3 aliphatic heterocycles. The summed E-state index contributed by atoms with van der Waals surface area (Å²) in [6.45, 7) is 40.5. The van der Waals surface area contributed by atoms with E-state index in [9.17, 15) is 33.5 Å². The third kappa shape index (κ3) is 26.4. The van der Waals surface area contributed by atoms with E-state index in [0.717, 1.165) is 50.1 Å². The van der Waals surface area contributed by atoms with Crippen molar-refractivity contribution in [2.75, 3.05) is 63.6 Å². The summed E-state index contributed by atoms with van der Waals surface area (Å²) < 4.78 is 39.0. The maximum absolute atomic E-state index is 13.6. The molecule has 22 nitrogen and oxygen atoms in total. The van der Waals surface area contributed by atoms with E-state index < -0.39 is 18.4 Å². The number of ether oxygens (including phenoxy) is 4. The molecule has 0 bridgehead atoms. The molecule has 0 aliphatic carbocycles. The maximum atomic E-state index is 13.6. The van der Waals surface area contributed by atoms with Gasteiger partial charge in [-0.2, -0.15) is 0 Å². The van der Waals surface area contributed by atoms with Crippen molar-refractivity contribution in [1.82, 2.24) is 44.8 Å². The van der Waals surface area contributed by atoms with Gasteiger partial charge in [0, 0.05) is 108 Å². The predicted octanol–water partition coefficient (Wildman–Crippen LogP) is 15.8. The fraction of sp³-hybridized carbons (Fsp3) is 0.398. The van der Waals surface area contributed by atoms with Crippen LogP contribution in [0.15, 0.2) is 176 Å². The number of amides is 5. The van der Waals surface area contributed by atoms with E-state index in [0.29, 0.717) is 102 Å². The number of anilines is 3. The van der Waals surface area contributed by atoms with Crippen LogP contribution in [0.3, 0.4) is 0 Å². The number of halogens is 2. The van der Waals surface area contributed by atoms with Gasteiger partial charge in [-0.1, -0.05) is 142 Å². The van der Waals surface area contributed by atoms with Gasteiger partial charge in [-0.15, -0.1) is 0 Å². The van der Waals surface area contributed by atoms with Gasteiger partial charge < -0.3 is 62.7 Å². The minimum Gasteiger partial charge on any atom is -1.00 e. The number of hydrogen-bond donors (Lipinski definition) is 5. The van der Waals surface area contributed by atoms with E-state index in [-0.39, 0.29) is 109 Å². The van der Waals surface area contributed by atoms with E-state index in [4.69, 9.17) is 37.5 Å². The Kier molecular flexibility index (Phi) is 33.7. The van der Waals surface area contributed by atoms with Gasteiger partial charge in [-0.25, -0.2) is 24.5 Å². The molecule has 3 fully saturated rings. The first-order valence-electron chi connectivity index (χ1n) is 40.3. The first-order chi connectivity index (χ1) is 55.6. The predicted molar refractivity (Wildman–Crippen MR) is 470 cm³/mol. The number of carbonyl (C=O) groups is 5. The number of nitrogens with two attached hydrogens (primary N) is 3. The molecule has 5 amide bonds. The van der Waals surface area contributed by atoms with Crippen LogP contribution in [0.25, 0.3) is 33.4 Å². The Morgan fingerprint density at radius 3 is 1.19 bits per heavy atom. The van der Waals surface area contributed by atoms with Gasteiger partial charge >= 0.3 is 41.7 Å². The second kappa shape index (κ2) is 42.5. The number of aromatic hydroxyl groups is 1. The largest absolute Gasteiger partial charge is 1.00 e. The second-order valence-corrected chi connectivity index (χ2v) is 34.1. The van der Waals surface area contributed by atoms with Crippen LogP contribution in [0, 0.1) is 27.7 Å². The monoisotopic (exact) mass is 1690 g/mol. The molecule has 25 heteroatoms. The molecule has 0 spiro atoms. The zero-order valence-electron chi connectivity index (χ0n) is 74.1. The summed E-state index contributed by atoms with van der Waals surface area (Å²) in [7, 11) is -1.00. The summed E-state index contributed by atoms with van der Waals surface area (Å²) in [5, 5.41) is 13.2. The zero-order valence-corrected chi connectivity index (χ0v) is 75.7. The molecule has 118 heavy (non-hydrogen) atoms. The number of piperazine rings is 3. The minimum absolute atomic E-state index is 0. The van der Waals surface area contributed by atoms with Gasteiger partial charge in [0.2, 0.25) is 0 Å². The number of nitrogens with zero attached hydrogens (tertiary/aromatic N) is 8. The van der Waals surface area contributed by atoms with Crippen molar-refractivity contribution in [2.24, 2.45) is 0 Å². The molecular weight excluding hydrogens is 1570 g/mol. The number of hydrogen-bond acceptors (Lipinski definition) is 17. The second-order valence-electron chi connectivity index (χ2n) is 32.7. The molecule has 6 aromatic carbocycles. The molecule has 9 atom stereocenters. The van der Waals surface area contributed by atoms with Crippen LogP contribution in [0.4, 0.5) is 31.4 Å². The molecule has 3 unspecified atom stereocenters. The van der Waals surface area contributed by atoms with Crippen LogP contribution in [0.5, 0.6) is 17.2 Å². The SMILES string of the molecule is C[C@@H]1CN(C(=O)c2ccc(-c3cnc(N)c(O)c3)cc2)C[C@H](C)N1C(=O)OC(C)(C)C.Cc1cccc(C(C)Br)c1.Cc1cccc(C(C)Oc2cc(-c3ccc(C(=O)N4C[C@@H](C)N(C(=O)OC(C)(C)C)[C@@H](C)C4)c(C)c3)cnc2N)c1.Cc1cccc(C(C)Oc2cc(-c3ccc(C(=O)N4C[C@@H](C)N[C@@H](C)C4)cc3)cnc2N)c1.[2H]CF.[H-].[Na+]. The molecule has 0 saturated carbocycles. The quantitative estimate of drug-likeness (QED) is 0.0529. The van der Waals surface area contributed by atoms with Crippen molar-refractivity contribution in [3.63, 3.8) is 0 Å². The molecule has 626 valence electrons. The molecule has 3 saturated heterocycles. The van der Waals surface area contributed by atoms with Crippen molar-refractivity contribution in [3.05, 3.63) is 232 Å². The Balaban J connectivity index is 0.000000259. The van der Waals surface area contributed by atoms with Gasteiger partial charge in [0.25, 0.3) is 17.7 Å². The van der Waals surface area contributed by atoms with Crippen LogP contribution in [0.2, 0.25) is 0 Å². The molecule has 3 aliphatic rings. The number of benzene rings is 6. The number of carbonyl (C=O) groups excluding carboxylic acids is 5. The van der Waals surface area contributed by atoms with Crippen molar-refractivity contribution >= 4 is 63.3 Å². The van der Waals surface area contributed by atoms with Crippen molar-refractivity contribution in [2.45, 2.75) is 196 Å². The number of alkyl halides is 2. The Morgan fingerprint density at radius 2 is 0.831 bits per heavy atom. The molecule has 0 radical (unpaired) electrons. The van der Waals surface area contributed by atoms with Gasteiger partial charge in [-0.3, -0.25) is 28.6 Å². The Morgan fingerprint density at radius 1 is 0.492 bits per heavy atom. The molecule has 12 rings (SSSR count). The van der Waals surface area contributed by atoms with Crippen LogP contribution in [-0.4, -0.2) is 168 Å². The smallest absolute Gasteiger partial charge is 1.00 e. The number of aromatic nitrogens is 3. The fourth-order valence-electron chi connectivity index (χ4n) is 14.4. The van der Waals surface area contributed by atoms with E-state index in [1.165, 1.54) is 16.7 Å². The van der Waals surface area contributed by atoms with E-state index in [1.54, 1.807) is 51.5 Å². The Hall–Kier alpha value is -10.1. The van der Waals surface area contributed by atoms with Gasteiger partial charge in [0.05, 0.1) is 32.7 Å². The summed E-state index contributed by atoms with van der Waals surface area (Å²) in [6, 6.07) is 50.7. The number of rotatable bonds is 13. The summed E-state index contributed by atoms with van der Waals surface area (Å²) in [5.74, 6) is 1.65. The van der Waals surface area contributed by atoms with Gasteiger partial charge in [-0.05, 0) is 219 Å². The van der Waals surface area contributed by atoms with Crippen LogP contribution in [0.1, 0.15) is 194 Å².